The third kappa shape index (κ3) is 55.1. The first-order valence-corrected chi connectivity index (χ1v) is 30.9. The van der Waals surface area contributed by atoms with Crippen molar-refractivity contribution in [2.75, 3.05) is 13.2 Å². The van der Waals surface area contributed by atoms with Crippen LogP contribution in [-0.2, 0) is 14.3 Å². The molecule has 0 saturated heterocycles. The molecule has 0 aromatic rings. The second kappa shape index (κ2) is 59.4. The molecule has 0 radical (unpaired) electrons. The van der Waals surface area contributed by atoms with Gasteiger partial charge in [0.1, 0.15) is 0 Å². The molecule has 0 aliphatic heterocycles. The average Bonchev–Trinajstić information content (AvgIpc) is 3.36. The molecule has 0 aliphatic carbocycles. The lowest BCUT2D eigenvalue weighted by Gasteiger charge is -2.20. The van der Waals surface area contributed by atoms with Gasteiger partial charge < -0.3 is 20.3 Å². The van der Waals surface area contributed by atoms with Crippen LogP contribution in [0.1, 0.15) is 322 Å². The molecular weight excluding hydrogens is 863 g/mol. The van der Waals surface area contributed by atoms with Crippen molar-refractivity contribution in [1.82, 2.24) is 5.32 Å². The van der Waals surface area contributed by atoms with Crippen LogP contribution in [0.4, 0.5) is 0 Å². The molecule has 1 amide bonds. The highest BCUT2D eigenvalue weighted by atomic mass is 16.5. The molecule has 3 N–H and O–H groups in total. The van der Waals surface area contributed by atoms with Crippen LogP contribution < -0.4 is 5.32 Å². The maximum Gasteiger partial charge on any atom is 0.305 e. The van der Waals surface area contributed by atoms with E-state index in [4.69, 9.17) is 4.74 Å². The second-order valence-electron chi connectivity index (χ2n) is 21.0. The van der Waals surface area contributed by atoms with Gasteiger partial charge in [0.15, 0.2) is 0 Å². The van der Waals surface area contributed by atoms with Gasteiger partial charge in [-0.1, -0.05) is 262 Å². The molecular formula is C64H119NO5. The Balaban J connectivity index is 3.52. The smallest absolute Gasteiger partial charge is 0.305 e. The molecule has 0 fully saturated rings. The molecule has 0 rings (SSSR count). The summed E-state index contributed by atoms with van der Waals surface area (Å²) in [5.74, 6) is -0.103. The Morgan fingerprint density at radius 3 is 1.10 bits per heavy atom. The third-order valence-electron chi connectivity index (χ3n) is 14.1. The zero-order chi connectivity index (χ0) is 50.7. The summed E-state index contributed by atoms with van der Waals surface area (Å²) in [7, 11) is 0. The van der Waals surface area contributed by atoms with Gasteiger partial charge in [0.2, 0.25) is 5.91 Å². The van der Waals surface area contributed by atoms with Crippen molar-refractivity contribution >= 4 is 11.9 Å². The summed E-state index contributed by atoms with van der Waals surface area (Å²) in [5.41, 5.74) is 0. The molecule has 2 atom stereocenters. The Labute approximate surface area is 436 Å². The summed E-state index contributed by atoms with van der Waals surface area (Å²) < 4.78 is 5.46. The van der Waals surface area contributed by atoms with E-state index >= 15 is 0 Å². The van der Waals surface area contributed by atoms with E-state index in [1.165, 1.54) is 212 Å². The molecule has 0 bridgehead atoms. The number of ether oxygens (including phenoxy) is 1. The number of rotatable bonds is 57. The van der Waals surface area contributed by atoms with E-state index in [1.54, 1.807) is 6.08 Å². The number of carbonyl (C=O) groups excluding carboxylic acids is 2. The number of amides is 1. The van der Waals surface area contributed by atoms with Gasteiger partial charge in [0, 0.05) is 12.8 Å². The van der Waals surface area contributed by atoms with Gasteiger partial charge in [-0.05, 0) is 96.3 Å². The zero-order valence-electron chi connectivity index (χ0n) is 46.7. The summed E-state index contributed by atoms with van der Waals surface area (Å²) in [4.78, 5) is 24.5. The molecule has 0 aromatic heterocycles. The number of nitrogens with one attached hydrogen (secondary N) is 1. The zero-order valence-corrected chi connectivity index (χ0v) is 46.7. The summed E-state index contributed by atoms with van der Waals surface area (Å²) in [6, 6.07) is -0.642. The topological polar surface area (TPSA) is 95.9 Å². The Morgan fingerprint density at radius 2 is 0.714 bits per heavy atom. The number of hydrogen-bond donors (Lipinski definition) is 3. The van der Waals surface area contributed by atoms with Crippen LogP contribution in [0.25, 0.3) is 0 Å². The summed E-state index contributed by atoms with van der Waals surface area (Å²) in [6.07, 6.45) is 75.7. The number of esters is 1. The molecule has 410 valence electrons. The monoisotopic (exact) mass is 982 g/mol. The number of hydrogen-bond acceptors (Lipinski definition) is 5. The van der Waals surface area contributed by atoms with E-state index < -0.39 is 12.1 Å². The van der Waals surface area contributed by atoms with Crippen molar-refractivity contribution in [3.63, 3.8) is 0 Å². The van der Waals surface area contributed by atoms with E-state index in [0.29, 0.717) is 19.4 Å². The van der Waals surface area contributed by atoms with Crippen LogP contribution in [0.15, 0.2) is 48.6 Å². The average molecular weight is 983 g/mol. The Bertz CT molecular complexity index is 1180. The molecule has 70 heavy (non-hydrogen) atoms. The SMILES string of the molecule is CCCCCCCC/C=C\CCCCCCCCCC(=O)OCCCCC/C=C\C/C=C\CCCCCCCCCC(=O)NC(CO)C(O)/C=C/CCCCCCCCCCCCCCCCCCC. The Hall–Kier alpha value is -2.18. The lowest BCUT2D eigenvalue weighted by molar-refractivity contribution is -0.143. The molecule has 6 nitrogen and oxygen atoms in total. The molecule has 0 aromatic carbocycles. The Morgan fingerprint density at radius 1 is 0.400 bits per heavy atom. The van der Waals surface area contributed by atoms with Crippen molar-refractivity contribution in [2.24, 2.45) is 0 Å². The molecule has 0 spiro atoms. The lowest BCUT2D eigenvalue weighted by Crippen LogP contribution is -2.45. The summed E-state index contributed by atoms with van der Waals surface area (Å²) in [6.45, 7) is 4.87. The molecule has 2 unspecified atom stereocenters. The minimum atomic E-state index is -0.857. The highest BCUT2D eigenvalue weighted by Crippen LogP contribution is 2.16. The van der Waals surface area contributed by atoms with Crippen molar-refractivity contribution in [2.45, 2.75) is 334 Å². The van der Waals surface area contributed by atoms with Crippen molar-refractivity contribution in [3.8, 4) is 0 Å². The number of aliphatic hydroxyl groups is 2. The van der Waals surface area contributed by atoms with Crippen molar-refractivity contribution in [3.05, 3.63) is 48.6 Å². The van der Waals surface area contributed by atoms with Gasteiger partial charge in [0.25, 0.3) is 0 Å². The van der Waals surface area contributed by atoms with Crippen molar-refractivity contribution in [1.29, 1.82) is 0 Å². The fourth-order valence-corrected chi connectivity index (χ4v) is 9.31. The van der Waals surface area contributed by atoms with Crippen LogP contribution in [-0.4, -0.2) is 47.4 Å². The first-order valence-electron chi connectivity index (χ1n) is 30.9. The fraction of sp³-hybridized carbons (Fsp3) is 0.844. The predicted octanol–water partition coefficient (Wildman–Crippen LogP) is 19.4. The second-order valence-corrected chi connectivity index (χ2v) is 21.0. The number of allylic oxidation sites excluding steroid dienone is 7. The maximum absolute atomic E-state index is 12.5. The van der Waals surface area contributed by atoms with Crippen LogP contribution in [0.5, 0.6) is 0 Å². The third-order valence-corrected chi connectivity index (χ3v) is 14.1. The molecule has 0 aliphatic rings. The van der Waals surface area contributed by atoms with E-state index in [2.05, 4.69) is 55.6 Å². The summed E-state index contributed by atoms with van der Waals surface area (Å²) in [5, 5.41) is 23.2. The number of aliphatic hydroxyl groups excluding tert-OH is 2. The van der Waals surface area contributed by atoms with Gasteiger partial charge in [-0.2, -0.15) is 0 Å². The minimum absolute atomic E-state index is 0.0198. The van der Waals surface area contributed by atoms with Crippen LogP contribution in [0.2, 0.25) is 0 Å². The van der Waals surface area contributed by atoms with Gasteiger partial charge in [0.05, 0.1) is 25.4 Å². The van der Waals surface area contributed by atoms with Gasteiger partial charge >= 0.3 is 5.97 Å². The highest BCUT2D eigenvalue weighted by Gasteiger charge is 2.18. The number of unbranched alkanes of at least 4 members (excludes halogenated alkanes) is 40. The lowest BCUT2D eigenvalue weighted by atomic mass is 10.0. The van der Waals surface area contributed by atoms with Gasteiger partial charge in [-0.15, -0.1) is 0 Å². The highest BCUT2D eigenvalue weighted by molar-refractivity contribution is 5.76. The minimum Gasteiger partial charge on any atom is -0.466 e. The first kappa shape index (κ1) is 67.8. The van der Waals surface area contributed by atoms with E-state index in [0.717, 1.165) is 83.5 Å². The largest absolute Gasteiger partial charge is 0.466 e. The molecule has 0 saturated carbocycles. The van der Waals surface area contributed by atoms with Crippen LogP contribution in [0, 0.1) is 0 Å². The molecule has 6 heteroatoms. The van der Waals surface area contributed by atoms with Gasteiger partial charge in [-0.3, -0.25) is 9.59 Å². The first-order chi connectivity index (χ1) is 34.5. The predicted molar refractivity (Wildman–Crippen MR) is 306 cm³/mol. The normalized spacial score (nSPS) is 12.9. The van der Waals surface area contributed by atoms with Crippen LogP contribution >= 0.6 is 0 Å². The van der Waals surface area contributed by atoms with Crippen LogP contribution in [0.3, 0.4) is 0 Å². The summed E-state index contributed by atoms with van der Waals surface area (Å²) >= 11 is 0. The number of carbonyl (C=O) groups is 2. The van der Waals surface area contributed by atoms with E-state index in [1.807, 2.05) is 6.08 Å². The fourth-order valence-electron chi connectivity index (χ4n) is 9.31. The molecule has 0 heterocycles. The van der Waals surface area contributed by atoms with Gasteiger partial charge in [-0.25, -0.2) is 0 Å². The van der Waals surface area contributed by atoms with E-state index in [-0.39, 0.29) is 18.5 Å². The standard InChI is InChI=1S/C64H119NO5/c1-3-5-7-9-11-13-15-17-19-21-22-25-28-32-36-40-44-48-52-56-62(67)61(60-66)65-63(68)57-53-49-45-41-37-33-29-26-23-27-31-35-39-43-47-51-55-59-70-64(69)58-54-50-46-42-38-34-30-24-20-18-16-14-12-10-8-6-4-2/h18,20,23,27,35,39,52,56,61-62,66-67H,3-17,19,21-22,24-26,28-34,36-38,40-51,53-55,57-60H2,1-2H3,(H,65,68)/b20-18-,27-23-,39-35-,56-52+. The Kier molecular flexibility index (Phi) is 57.5. The quantitative estimate of drug-likeness (QED) is 0.0321. The maximum atomic E-state index is 12.5. The van der Waals surface area contributed by atoms with Crippen molar-refractivity contribution < 1.29 is 24.5 Å². The van der Waals surface area contributed by atoms with E-state index in [9.17, 15) is 19.8 Å².